The highest BCUT2D eigenvalue weighted by Gasteiger charge is 2.24. The van der Waals surface area contributed by atoms with Crippen molar-refractivity contribution in [1.29, 1.82) is 0 Å². The van der Waals surface area contributed by atoms with Crippen LogP contribution in [0.1, 0.15) is 27.2 Å². The second-order valence-electron chi connectivity index (χ2n) is 3.90. The van der Waals surface area contributed by atoms with Crippen molar-refractivity contribution < 1.29 is 15.0 Å². The van der Waals surface area contributed by atoms with E-state index in [9.17, 15) is 4.79 Å². The van der Waals surface area contributed by atoms with E-state index in [4.69, 9.17) is 10.2 Å². The van der Waals surface area contributed by atoms with Crippen molar-refractivity contribution in [3.8, 4) is 0 Å². The molecule has 5 nitrogen and oxygen atoms in total. The summed E-state index contributed by atoms with van der Waals surface area (Å²) in [6.45, 7) is 6.87. The average Bonchev–Trinajstić information content (AvgIpc) is 2.16. The molecule has 0 heterocycles. The molecule has 90 valence electrons. The molecule has 0 rings (SSSR count). The number of likely N-dealkylation sites (N-methyl/N-ethyl adjacent to an activating group) is 1. The van der Waals surface area contributed by atoms with Crippen LogP contribution in [-0.4, -0.2) is 46.9 Å². The lowest BCUT2D eigenvalue weighted by atomic mass is 10.0. The van der Waals surface area contributed by atoms with Crippen LogP contribution in [-0.2, 0) is 4.79 Å². The number of carboxylic acids is 1. The van der Waals surface area contributed by atoms with E-state index >= 15 is 0 Å². The molecule has 0 saturated carbocycles. The van der Waals surface area contributed by atoms with Crippen molar-refractivity contribution in [3.63, 3.8) is 0 Å². The Hall–Kier alpha value is -0.650. The molecule has 0 fully saturated rings. The number of hydrazine groups is 1. The van der Waals surface area contributed by atoms with Gasteiger partial charge >= 0.3 is 5.97 Å². The van der Waals surface area contributed by atoms with Gasteiger partial charge in [0.25, 0.3) is 0 Å². The number of nitrogens with one attached hydrogen (secondary N) is 1. The van der Waals surface area contributed by atoms with E-state index in [1.54, 1.807) is 5.01 Å². The Morgan fingerprint density at radius 1 is 1.47 bits per heavy atom. The van der Waals surface area contributed by atoms with E-state index < -0.39 is 12.0 Å². The fourth-order valence-electron chi connectivity index (χ4n) is 1.44. The third-order valence-electron chi connectivity index (χ3n) is 2.12. The van der Waals surface area contributed by atoms with Gasteiger partial charge in [-0.3, -0.25) is 10.2 Å². The van der Waals surface area contributed by atoms with Crippen LogP contribution in [0.5, 0.6) is 0 Å². The highest BCUT2D eigenvalue weighted by atomic mass is 16.4. The first kappa shape index (κ1) is 14.3. The number of aliphatic carboxylic acids is 1. The van der Waals surface area contributed by atoms with Crippen molar-refractivity contribution in [2.24, 2.45) is 5.92 Å². The Morgan fingerprint density at radius 2 is 2.07 bits per heavy atom. The molecule has 0 aromatic carbocycles. The smallest absolute Gasteiger partial charge is 0.322 e. The number of carboxylic acid groups (broad SMARTS) is 1. The van der Waals surface area contributed by atoms with Crippen LogP contribution in [0.2, 0.25) is 0 Å². The van der Waals surface area contributed by atoms with E-state index in [0.29, 0.717) is 25.4 Å². The monoisotopic (exact) mass is 218 g/mol. The molecule has 0 bridgehead atoms. The normalized spacial score (nSPS) is 13.5. The van der Waals surface area contributed by atoms with Gasteiger partial charge in [-0.15, -0.1) is 0 Å². The molecular weight excluding hydrogens is 196 g/mol. The van der Waals surface area contributed by atoms with Gasteiger partial charge in [-0.2, -0.15) is 0 Å². The molecule has 0 aliphatic carbocycles. The third kappa shape index (κ3) is 5.71. The number of aliphatic hydroxyl groups is 1. The zero-order chi connectivity index (χ0) is 11.8. The number of nitrogens with zero attached hydrogens (tertiary/aromatic N) is 1. The highest BCUT2D eigenvalue weighted by molar-refractivity contribution is 5.73. The van der Waals surface area contributed by atoms with Gasteiger partial charge in [0.05, 0.1) is 6.61 Å². The molecule has 1 atom stereocenters. The lowest BCUT2D eigenvalue weighted by molar-refractivity contribution is -0.145. The Morgan fingerprint density at radius 3 is 2.40 bits per heavy atom. The fourth-order valence-corrected chi connectivity index (χ4v) is 1.44. The van der Waals surface area contributed by atoms with Gasteiger partial charge in [-0.05, 0) is 12.3 Å². The summed E-state index contributed by atoms with van der Waals surface area (Å²) >= 11 is 0. The minimum Gasteiger partial charge on any atom is -0.480 e. The second-order valence-corrected chi connectivity index (χ2v) is 3.90. The summed E-state index contributed by atoms with van der Waals surface area (Å²) in [6.07, 6.45) is 0.599. The summed E-state index contributed by atoms with van der Waals surface area (Å²) in [4.78, 5) is 11.1. The number of hydrogen-bond acceptors (Lipinski definition) is 4. The zero-order valence-corrected chi connectivity index (χ0v) is 9.73. The molecule has 0 aliphatic heterocycles. The Labute approximate surface area is 91.1 Å². The first-order chi connectivity index (χ1) is 7.02. The molecule has 0 radical (unpaired) electrons. The van der Waals surface area contributed by atoms with Crippen LogP contribution in [0.3, 0.4) is 0 Å². The predicted octanol–water partition coefficient (Wildman–Crippen LogP) is 0.305. The van der Waals surface area contributed by atoms with Crippen molar-refractivity contribution in [2.45, 2.75) is 33.2 Å². The minimum atomic E-state index is -0.823. The lowest BCUT2D eigenvalue weighted by Crippen LogP contribution is -2.50. The third-order valence-corrected chi connectivity index (χ3v) is 2.12. The van der Waals surface area contributed by atoms with Crippen LogP contribution in [0.15, 0.2) is 0 Å². The summed E-state index contributed by atoms with van der Waals surface area (Å²) in [5, 5.41) is 19.4. The Balaban J connectivity index is 4.33. The van der Waals surface area contributed by atoms with Crippen molar-refractivity contribution in [2.75, 3.05) is 19.7 Å². The maximum atomic E-state index is 11.1. The van der Waals surface area contributed by atoms with E-state index in [2.05, 4.69) is 5.43 Å². The molecule has 15 heavy (non-hydrogen) atoms. The minimum absolute atomic E-state index is 0.00448. The molecule has 0 aliphatic rings. The summed E-state index contributed by atoms with van der Waals surface area (Å²) in [5.41, 5.74) is 2.91. The lowest BCUT2D eigenvalue weighted by Gasteiger charge is -2.29. The van der Waals surface area contributed by atoms with Crippen LogP contribution in [0.25, 0.3) is 0 Å². The number of rotatable bonds is 8. The van der Waals surface area contributed by atoms with Crippen molar-refractivity contribution in [3.05, 3.63) is 0 Å². The summed E-state index contributed by atoms with van der Waals surface area (Å²) in [7, 11) is 0. The average molecular weight is 218 g/mol. The fraction of sp³-hybridized carbons (Fsp3) is 0.900. The summed E-state index contributed by atoms with van der Waals surface area (Å²) < 4.78 is 0. The Kier molecular flexibility index (Phi) is 7.29. The van der Waals surface area contributed by atoms with E-state index in [1.807, 2.05) is 20.8 Å². The topological polar surface area (TPSA) is 72.8 Å². The van der Waals surface area contributed by atoms with E-state index in [0.717, 1.165) is 0 Å². The summed E-state index contributed by atoms with van der Waals surface area (Å²) in [5.74, 6) is -0.493. The first-order valence-electron chi connectivity index (χ1n) is 5.36. The van der Waals surface area contributed by atoms with Crippen LogP contribution < -0.4 is 5.43 Å². The standard InChI is InChI=1S/C10H22N2O3/c1-4-12(11-5-6-13)9(10(14)15)7-8(2)3/h8-9,11,13H,4-7H2,1-3H3,(H,14,15)/t9-/m0/s1. The molecule has 5 heteroatoms. The number of carbonyl (C=O) groups is 1. The largest absolute Gasteiger partial charge is 0.480 e. The molecule has 3 N–H and O–H groups in total. The molecular formula is C10H22N2O3. The van der Waals surface area contributed by atoms with Gasteiger partial charge in [0, 0.05) is 13.1 Å². The summed E-state index contributed by atoms with van der Waals surface area (Å²) in [6, 6.07) is -0.526. The molecule has 0 spiro atoms. The highest BCUT2D eigenvalue weighted by Crippen LogP contribution is 2.10. The van der Waals surface area contributed by atoms with Gasteiger partial charge in [-0.1, -0.05) is 20.8 Å². The molecule has 0 aromatic heterocycles. The SMILES string of the molecule is CCN(NCCO)[C@@H](CC(C)C)C(=O)O. The van der Waals surface area contributed by atoms with Gasteiger partial charge in [-0.25, -0.2) is 5.01 Å². The van der Waals surface area contributed by atoms with Crippen LogP contribution in [0.4, 0.5) is 0 Å². The quantitative estimate of drug-likeness (QED) is 0.511. The van der Waals surface area contributed by atoms with Gasteiger partial charge in [0.1, 0.15) is 6.04 Å². The number of hydrogen-bond donors (Lipinski definition) is 3. The van der Waals surface area contributed by atoms with Crippen LogP contribution >= 0.6 is 0 Å². The van der Waals surface area contributed by atoms with Gasteiger partial charge < -0.3 is 10.2 Å². The second kappa shape index (κ2) is 7.62. The zero-order valence-electron chi connectivity index (χ0n) is 9.73. The molecule has 0 saturated heterocycles. The number of aliphatic hydroxyl groups excluding tert-OH is 1. The van der Waals surface area contributed by atoms with Gasteiger partial charge in [0.15, 0.2) is 0 Å². The van der Waals surface area contributed by atoms with Crippen molar-refractivity contribution >= 4 is 5.97 Å². The van der Waals surface area contributed by atoms with Crippen LogP contribution in [0, 0.1) is 5.92 Å². The Bertz CT molecular complexity index is 186. The maximum Gasteiger partial charge on any atom is 0.322 e. The van der Waals surface area contributed by atoms with E-state index in [1.165, 1.54) is 0 Å². The predicted molar refractivity (Wildman–Crippen MR) is 58.3 cm³/mol. The van der Waals surface area contributed by atoms with Gasteiger partial charge in [0.2, 0.25) is 0 Å². The molecule has 0 aromatic rings. The first-order valence-corrected chi connectivity index (χ1v) is 5.36. The van der Waals surface area contributed by atoms with Crippen molar-refractivity contribution in [1.82, 2.24) is 10.4 Å². The molecule has 0 unspecified atom stereocenters. The molecule has 0 amide bonds. The maximum absolute atomic E-state index is 11.1. The van der Waals surface area contributed by atoms with E-state index in [-0.39, 0.29) is 6.61 Å².